The van der Waals surface area contributed by atoms with Crippen molar-refractivity contribution in [1.82, 2.24) is 9.88 Å². The van der Waals surface area contributed by atoms with Crippen molar-refractivity contribution in [2.45, 2.75) is 33.2 Å². The van der Waals surface area contributed by atoms with Crippen LogP contribution >= 0.6 is 0 Å². The van der Waals surface area contributed by atoms with E-state index in [2.05, 4.69) is 4.98 Å². The lowest BCUT2D eigenvalue weighted by Gasteiger charge is -2.23. The van der Waals surface area contributed by atoms with Crippen LogP contribution in [-0.2, 0) is 0 Å². The molecule has 0 aliphatic rings. The van der Waals surface area contributed by atoms with Crippen molar-refractivity contribution in [1.29, 1.82) is 0 Å². The van der Waals surface area contributed by atoms with Crippen LogP contribution in [0.3, 0.4) is 0 Å². The van der Waals surface area contributed by atoms with Crippen molar-refractivity contribution < 1.29 is 14.7 Å². The number of nitrogens with zero attached hydrogens (tertiary/aromatic N) is 2. The van der Waals surface area contributed by atoms with Gasteiger partial charge < -0.3 is 10.0 Å². The monoisotopic (exact) mass is 250 g/mol. The van der Waals surface area contributed by atoms with Crippen molar-refractivity contribution in [3.8, 4) is 0 Å². The van der Waals surface area contributed by atoms with E-state index in [1.165, 1.54) is 12.1 Å². The fraction of sp³-hybridized carbons (Fsp3) is 0.462. The Kier molecular flexibility index (Phi) is 4.42. The van der Waals surface area contributed by atoms with E-state index in [-0.39, 0.29) is 23.2 Å². The topological polar surface area (TPSA) is 70.5 Å². The van der Waals surface area contributed by atoms with E-state index in [9.17, 15) is 9.59 Å². The summed E-state index contributed by atoms with van der Waals surface area (Å²) in [5, 5.41) is 8.90. The van der Waals surface area contributed by atoms with E-state index in [1.54, 1.807) is 18.9 Å². The molecule has 1 aromatic rings. The van der Waals surface area contributed by atoms with Gasteiger partial charge in [-0.05, 0) is 32.4 Å². The fourth-order valence-electron chi connectivity index (χ4n) is 1.56. The number of carbonyl (C=O) groups excluding carboxylic acids is 1. The normalized spacial score (nSPS) is 12.0. The molecule has 0 aliphatic heterocycles. The number of carbonyl (C=O) groups is 2. The van der Waals surface area contributed by atoms with Gasteiger partial charge in [-0.3, -0.25) is 4.79 Å². The maximum Gasteiger partial charge on any atom is 0.337 e. The highest BCUT2D eigenvalue weighted by Gasteiger charge is 2.19. The molecule has 0 saturated heterocycles. The van der Waals surface area contributed by atoms with Gasteiger partial charge in [0.25, 0.3) is 5.91 Å². The number of aromatic carboxylic acids is 1. The highest BCUT2D eigenvalue weighted by atomic mass is 16.4. The Labute approximate surface area is 106 Å². The van der Waals surface area contributed by atoms with Crippen LogP contribution in [0.1, 0.15) is 46.8 Å². The summed E-state index contributed by atoms with van der Waals surface area (Å²) < 4.78 is 0. The lowest BCUT2D eigenvalue weighted by molar-refractivity contribution is 0.0690. The highest BCUT2D eigenvalue weighted by Crippen LogP contribution is 2.11. The summed E-state index contributed by atoms with van der Waals surface area (Å²) in [6, 6.07) is 3.00. The van der Waals surface area contributed by atoms with E-state index in [0.717, 1.165) is 6.42 Å². The second-order valence-corrected chi connectivity index (χ2v) is 4.31. The number of carboxylic acid groups (broad SMARTS) is 1. The van der Waals surface area contributed by atoms with Crippen LogP contribution in [-0.4, -0.2) is 40.0 Å². The van der Waals surface area contributed by atoms with E-state index >= 15 is 0 Å². The van der Waals surface area contributed by atoms with Gasteiger partial charge in [0.2, 0.25) is 0 Å². The molecule has 0 radical (unpaired) electrons. The summed E-state index contributed by atoms with van der Waals surface area (Å²) in [5.41, 5.74) is 0.754. The maximum absolute atomic E-state index is 12.1. The molecule has 0 aromatic carbocycles. The van der Waals surface area contributed by atoms with Crippen LogP contribution in [0.2, 0.25) is 0 Å². The van der Waals surface area contributed by atoms with Crippen LogP contribution in [0.4, 0.5) is 0 Å². The third kappa shape index (κ3) is 2.85. The van der Waals surface area contributed by atoms with Gasteiger partial charge in [-0.2, -0.15) is 0 Å². The zero-order valence-corrected chi connectivity index (χ0v) is 11.1. The molecular formula is C13H18N2O3. The molecule has 18 heavy (non-hydrogen) atoms. The van der Waals surface area contributed by atoms with Crippen molar-refractivity contribution in [2.75, 3.05) is 7.05 Å². The van der Waals surface area contributed by atoms with Gasteiger partial charge in [-0.1, -0.05) is 6.92 Å². The lowest BCUT2D eigenvalue weighted by Crippen LogP contribution is -2.35. The Morgan fingerprint density at radius 2 is 2.06 bits per heavy atom. The molecule has 1 rings (SSSR count). The Morgan fingerprint density at radius 1 is 1.44 bits per heavy atom. The first kappa shape index (κ1) is 14.2. The van der Waals surface area contributed by atoms with Crippen LogP contribution < -0.4 is 0 Å². The molecule has 1 atom stereocenters. The average molecular weight is 250 g/mol. The summed E-state index contributed by atoms with van der Waals surface area (Å²) in [7, 11) is 1.72. The number of rotatable bonds is 4. The molecule has 0 fully saturated rings. The van der Waals surface area contributed by atoms with E-state index < -0.39 is 5.97 Å². The zero-order chi connectivity index (χ0) is 13.9. The Hall–Kier alpha value is -1.91. The second kappa shape index (κ2) is 5.62. The molecule has 5 heteroatoms. The van der Waals surface area contributed by atoms with Gasteiger partial charge in [0.15, 0.2) is 0 Å². The predicted octanol–water partition coefficient (Wildman–Crippen LogP) is 1.96. The van der Waals surface area contributed by atoms with Crippen LogP contribution in [0.25, 0.3) is 0 Å². The highest BCUT2D eigenvalue weighted by molar-refractivity contribution is 5.94. The van der Waals surface area contributed by atoms with Crippen molar-refractivity contribution in [3.63, 3.8) is 0 Å². The lowest BCUT2D eigenvalue weighted by atomic mass is 10.1. The minimum atomic E-state index is -1.03. The third-order valence-corrected chi connectivity index (χ3v) is 3.11. The van der Waals surface area contributed by atoms with Gasteiger partial charge in [0.1, 0.15) is 5.69 Å². The molecule has 0 aliphatic carbocycles. The molecule has 5 nitrogen and oxygen atoms in total. The van der Waals surface area contributed by atoms with E-state index in [0.29, 0.717) is 5.69 Å². The number of aryl methyl sites for hydroxylation is 1. The molecule has 0 bridgehead atoms. The summed E-state index contributed by atoms with van der Waals surface area (Å²) in [6.07, 6.45) is 0.856. The molecule has 1 heterocycles. The van der Waals surface area contributed by atoms with Gasteiger partial charge in [-0.25, -0.2) is 9.78 Å². The number of carboxylic acids is 1. The van der Waals surface area contributed by atoms with Gasteiger partial charge in [-0.15, -0.1) is 0 Å². The Balaban J connectivity index is 3.01. The third-order valence-electron chi connectivity index (χ3n) is 3.11. The van der Waals surface area contributed by atoms with E-state index in [4.69, 9.17) is 5.11 Å². The molecule has 1 N–H and O–H groups in total. The first-order valence-electron chi connectivity index (χ1n) is 5.86. The summed E-state index contributed by atoms with van der Waals surface area (Å²) >= 11 is 0. The standard InChI is InChI=1S/C13H18N2O3/c1-5-8(2)15(4)12(16)11-7-6-10(13(17)18)9(3)14-11/h6-8H,5H2,1-4H3,(H,17,18). The smallest absolute Gasteiger partial charge is 0.337 e. The van der Waals surface area contributed by atoms with Gasteiger partial charge >= 0.3 is 5.97 Å². The van der Waals surface area contributed by atoms with Crippen LogP contribution in [0.5, 0.6) is 0 Å². The fourth-order valence-corrected chi connectivity index (χ4v) is 1.56. The molecule has 1 amide bonds. The molecule has 1 aromatic heterocycles. The average Bonchev–Trinajstić information content (AvgIpc) is 2.35. The van der Waals surface area contributed by atoms with Crippen LogP contribution in [0, 0.1) is 6.92 Å². The number of amides is 1. The predicted molar refractivity (Wildman–Crippen MR) is 67.8 cm³/mol. The Bertz CT molecular complexity index is 471. The first-order chi connectivity index (χ1) is 8.38. The largest absolute Gasteiger partial charge is 0.478 e. The Morgan fingerprint density at radius 3 is 2.50 bits per heavy atom. The number of pyridine rings is 1. The van der Waals surface area contributed by atoms with Gasteiger partial charge in [0, 0.05) is 13.1 Å². The second-order valence-electron chi connectivity index (χ2n) is 4.31. The summed E-state index contributed by atoms with van der Waals surface area (Å²) in [6.45, 7) is 5.54. The first-order valence-corrected chi connectivity index (χ1v) is 5.86. The molecule has 1 unspecified atom stereocenters. The van der Waals surface area contributed by atoms with Crippen molar-refractivity contribution in [2.24, 2.45) is 0 Å². The van der Waals surface area contributed by atoms with Crippen molar-refractivity contribution in [3.05, 3.63) is 29.1 Å². The quantitative estimate of drug-likeness (QED) is 0.886. The maximum atomic E-state index is 12.1. The number of hydrogen-bond acceptors (Lipinski definition) is 3. The number of aromatic nitrogens is 1. The molecular weight excluding hydrogens is 232 g/mol. The molecule has 0 saturated carbocycles. The van der Waals surface area contributed by atoms with E-state index in [1.807, 2.05) is 13.8 Å². The SMILES string of the molecule is CCC(C)N(C)C(=O)c1ccc(C(=O)O)c(C)n1. The zero-order valence-electron chi connectivity index (χ0n) is 11.1. The molecule has 0 spiro atoms. The number of hydrogen-bond donors (Lipinski definition) is 1. The van der Waals surface area contributed by atoms with Gasteiger partial charge in [0.05, 0.1) is 11.3 Å². The summed E-state index contributed by atoms with van der Waals surface area (Å²) in [5.74, 6) is -1.22. The van der Waals surface area contributed by atoms with Crippen LogP contribution in [0.15, 0.2) is 12.1 Å². The minimum Gasteiger partial charge on any atom is -0.478 e. The van der Waals surface area contributed by atoms with Crippen molar-refractivity contribution >= 4 is 11.9 Å². The minimum absolute atomic E-state index is 0.123. The summed E-state index contributed by atoms with van der Waals surface area (Å²) in [4.78, 5) is 28.6. The molecule has 98 valence electrons.